The number of carbonyl (C=O) groups is 3. The Kier molecular flexibility index (Phi) is 5.53. The molecule has 2 atom stereocenters. The first kappa shape index (κ1) is 16.8. The molecule has 0 spiro atoms. The van der Waals surface area contributed by atoms with Crippen LogP contribution in [0.1, 0.15) is 12.0 Å². The number of benzene rings is 1. The minimum Gasteiger partial charge on any atom is -0.480 e. The lowest BCUT2D eigenvalue weighted by Crippen LogP contribution is -2.47. The fourth-order valence-corrected chi connectivity index (χ4v) is 2.35. The highest BCUT2D eigenvalue weighted by atomic mass is 16.6. The molecule has 1 fully saturated rings. The summed E-state index contributed by atoms with van der Waals surface area (Å²) >= 11 is 0. The largest absolute Gasteiger partial charge is 0.480 e. The van der Waals surface area contributed by atoms with Crippen molar-refractivity contribution in [3.63, 3.8) is 0 Å². The number of β-amino-alcohol motifs (C(OH)–C–C–N with tert-alkyl or cyclic N) is 1. The number of carboxylic acid groups (broad SMARTS) is 1. The van der Waals surface area contributed by atoms with Crippen molar-refractivity contribution < 1.29 is 29.3 Å². The number of carboxylic acids is 1. The highest BCUT2D eigenvalue weighted by molar-refractivity contribution is 5.88. The van der Waals surface area contributed by atoms with Crippen molar-refractivity contribution in [1.82, 2.24) is 10.2 Å². The molecule has 0 aromatic heterocycles. The molecule has 23 heavy (non-hydrogen) atoms. The first-order chi connectivity index (χ1) is 11.0. The lowest BCUT2D eigenvalue weighted by atomic mass is 10.2. The Morgan fingerprint density at radius 2 is 1.96 bits per heavy atom. The monoisotopic (exact) mass is 322 g/mol. The SMILES string of the molecule is O=C(O)CNC(=O)[C@@H]1CC(O)CN1C(=O)OCc1ccccc1. The van der Waals surface area contributed by atoms with E-state index >= 15 is 0 Å². The van der Waals surface area contributed by atoms with Gasteiger partial charge in [0, 0.05) is 6.42 Å². The van der Waals surface area contributed by atoms with Gasteiger partial charge in [0.1, 0.15) is 19.2 Å². The first-order valence-corrected chi connectivity index (χ1v) is 7.12. The quantitative estimate of drug-likeness (QED) is 0.700. The van der Waals surface area contributed by atoms with Gasteiger partial charge in [0.05, 0.1) is 12.6 Å². The van der Waals surface area contributed by atoms with Crippen molar-refractivity contribution in [3.8, 4) is 0 Å². The molecule has 1 aliphatic heterocycles. The van der Waals surface area contributed by atoms with Crippen molar-refractivity contribution in [2.75, 3.05) is 13.1 Å². The molecule has 1 unspecified atom stereocenters. The van der Waals surface area contributed by atoms with Gasteiger partial charge in [0.2, 0.25) is 5.91 Å². The van der Waals surface area contributed by atoms with Gasteiger partial charge in [0.15, 0.2) is 0 Å². The Morgan fingerprint density at radius 3 is 2.61 bits per heavy atom. The second kappa shape index (κ2) is 7.59. The maximum absolute atomic E-state index is 12.1. The Bertz CT molecular complexity index is 577. The third-order valence-electron chi connectivity index (χ3n) is 3.44. The third-order valence-corrected chi connectivity index (χ3v) is 3.44. The molecule has 1 heterocycles. The number of rotatable bonds is 5. The van der Waals surface area contributed by atoms with Crippen LogP contribution in [0.4, 0.5) is 4.79 Å². The van der Waals surface area contributed by atoms with Gasteiger partial charge in [-0.25, -0.2) is 4.79 Å². The van der Waals surface area contributed by atoms with Gasteiger partial charge >= 0.3 is 12.1 Å². The number of hydrogen-bond acceptors (Lipinski definition) is 5. The molecule has 1 saturated heterocycles. The maximum Gasteiger partial charge on any atom is 0.410 e. The van der Waals surface area contributed by atoms with E-state index in [1.54, 1.807) is 12.1 Å². The Balaban J connectivity index is 1.93. The smallest absolute Gasteiger partial charge is 0.410 e. The van der Waals surface area contributed by atoms with Crippen LogP contribution in [-0.2, 0) is 20.9 Å². The summed E-state index contributed by atoms with van der Waals surface area (Å²) in [5.74, 6) is -1.81. The normalized spacial score (nSPS) is 20.1. The van der Waals surface area contributed by atoms with E-state index in [2.05, 4.69) is 5.32 Å². The predicted molar refractivity (Wildman–Crippen MR) is 78.4 cm³/mol. The highest BCUT2D eigenvalue weighted by Crippen LogP contribution is 2.19. The molecule has 0 saturated carbocycles. The minimum atomic E-state index is -1.19. The van der Waals surface area contributed by atoms with Crippen LogP contribution in [0.3, 0.4) is 0 Å². The van der Waals surface area contributed by atoms with Gasteiger partial charge in [-0.2, -0.15) is 0 Å². The second-order valence-corrected chi connectivity index (χ2v) is 5.21. The van der Waals surface area contributed by atoms with E-state index in [4.69, 9.17) is 9.84 Å². The van der Waals surface area contributed by atoms with Gasteiger partial charge in [-0.1, -0.05) is 30.3 Å². The lowest BCUT2D eigenvalue weighted by molar-refractivity contribution is -0.138. The van der Waals surface area contributed by atoms with Crippen LogP contribution in [-0.4, -0.2) is 58.3 Å². The standard InChI is InChI=1S/C15H18N2O6/c18-11-6-12(14(21)16-7-13(19)20)17(8-11)15(22)23-9-10-4-2-1-3-5-10/h1-5,11-12,18H,6-9H2,(H,16,21)(H,19,20)/t11?,12-/m0/s1. The molecule has 8 heteroatoms. The summed E-state index contributed by atoms with van der Waals surface area (Å²) in [5, 5.41) is 20.5. The zero-order valence-corrected chi connectivity index (χ0v) is 12.3. The van der Waals surface area contributed by atoms with Gasteiger partial charge in [-0.3, -0.25) is 14.5 Å². The molecule has 8 nitrogen and oxygen atoms in total. The van der Waals surface area contributed by atoms with Crippen LogP contribution in [0.5, 0.6) is 0 Å². The Hall–Kier alpha value is -2.61. The number of nitrogens with one attached hydrogen (secondary N) is 1. The molecule has 2 rings (SSSR count). The summed E-state index contributed by atoms with van der Waals surface area (Å²) in [6.45, 7) is -0.521. The topological polar surface area (TPSA) is 116 Å². The summed E-state index contributed by atoms with van der Waals surface area (Å²) in [7, 11) is 0. The third kappa shape index (κ3) is 4.68. The van der Waals surface area contributed by atoms with Crippen molar-refractivity contribution in [1.29, 1.82) is 0 Å². The summed E-state index contributed by atoms with van der Waals surface area (Å²) in [6, 6.07) is 8.11. The summed E-state index contributed by atoms with van der Waals surface area (Å²) in [4.78, 5) is 35.7. The Morgan fingerprint density at radius 1 is 1.26 bits per heavy atom. The number of likely N-dealkylation sites (tertiary alicyclic amines) is 1. The number of amides is 2. The molecule has 1 aromatic carbocycles. The van der Waals surface area contributed by atoms with Crippen LogP contribution in [0.15, 0.2) is 30.3 Å². The van der Waals surface area contributed by atoms with Gasteiger partial charge < -0.3 is 20.3 Å². The molecule has 1 aliphatic rings. The number of hydrogen-bond donors (Lipinski definition) is 3. The molecule has 124 valence electrons. The molecular formula is C15H18N2O6. The molecule has 3 N–H and O–H groups in total. The molecule has 1 aromatic rings. The maximum atomic E-state index is 12.1. The van der Waals surface area contributed by atoms with E-state index in [0.717, 1.165) is 10.5 Å². The molecular weight excluding hydrogens is 304 g/mol. The van der Waals surface area contributed by atoms with E-state index in [1.807, 2.05) is 18.2 Å². The highest BCUT2D eigenvalue weighted by Gasteiger charge is 2.39. The fraction of sp³-hybridized carbons (Fsp3) is 0.400. The number of ether oxygens (including phenoxy) is 1. The average molecular weight is 322 g/mol. The van der Waals surface area contributed by atoms with E-state index in [0.29, 0.717) is 0 Å². The average Bonchev–Trinajstić information content (AvgIpc) is 2.93. The van der Waals surface area contributed by atoms with E-state index < -0.39 is 36.7 Å². The molecule has 0 radical (unpaired) electrons. The predicted octanol–water partition coefficient (Wildman–Crippen LogP) is -0.0408. The van der Waals surface area contributed by atoms with Crippen LogP contribution < -0.4 is 5.32 Å². The van der Waals surface area contributed by atoms with Crippen LogP contribution >= 0.6 is 0 Å². The zero-order valence-electron chi connectivity index (χ0n) is 12.3. The number of aliphatic carboxylic acids is 1. The van der Waals surface area contributed by atoms with E-state index in [1.165, 1.54) is 0 Å². The first-order valence-electron chi connectivity index (χ1n) is 7.12. The number of carbonyl (C=O) groups excluding carboxylic acids is 2. The van der Waals surface area contributed by atoms with E-state index in [9.17, 15) is 19.5 Å². The van der Waals surface area contributed by atoms with E-state index in [-0.39, 0.29) is 19.6 Å². The number of aliphatic hydroxyl groups excluding tert-OH is 1. The Labute approximate surface area is 132 Å². The lowest BCUT2D eigenvalue weighted by Gasteiger charge is -2.22. The second-order valence-electron chi connectivity index (χ2n) is 5.21. The zero-order chi connectivity index (χ0) is 16.8. The van der Waals surface area contributed by atoms with Crippen molar-refractivity contribution >= 4 is 18.0 Å². The van der Waals surface area contributed by atoms with Crippen LogP contribution in [0.25, 0.3) is 0 Å². The fourth-order valence-electron chi connectivity index (χ4n) is 2.35. The molecule has 0 aliphatic carbocycles. The molecule has 0 bridgehead atoms. The summed E-state index contributed by atoms with van der Waals surface area (Å²) in [6.07, 6.45) is -1.52. The number of nitrogens with zero attached hydrogens (tertiary/aromatic N) is 1. The van der Waals surface area contributed by atoms with Crippen molar-refractivity contribution in [3.05, 3.63) is 35.9 Å². The summed E-state index contributed by atoms with van der Waals surface area (Å²) in [5.41, 5.74) is 0.799. The van der Waals surface area contributed by atoms with Crippen LogP contribution in [0, 0.1) is 0 Å². The molecule has 2 amide bonds. The van der Waals surface area contributed by atoms with Gasteiger partial charge in [0.25, 0.3) is 0 Å². The number of aliphatic hydroxyl groups is 1. The van der Waals surface area contributed by atoms with Crippen molar-refractivity contribution in [2.24, 2.45) is 0 Å². The minimum absolute atomic E-state index is 0.0290. The summed E-state index contributed by atoms with van der Waals surface area (Å²) < 4.78 is 5.15. The van der Waals surface area contributed by atoms with Gasteiger partial charge in [-0.05, 0) is 5.56 Å². The van der Waals surface area contributed by atoms with Crippen LogP contribution in [0.2, 0.25) is 0 Å². The van der Waals surface area contributed by atoms with Crippen molar-refractivity contribution in [2.45, 2.75) is 25.2 Å². The van der Waals surface area contributed by atoms with Gasteiger partial charge in [-0.15, -0.1) is 0 Å².